The van der Waals surface area contributed by atoms with E-state index in [0.717, 1.165) is 5.92 Å². The van der Waals surface area contributed by atoms with E-state index in [0.29, 0.717) is 15.2 Å². The molecule has 0 N–H and O–H groups in total. The summed E-state index contributed by atoms with van der Waals surface area (Å²) in [4.78, 5) is 0. The lowest BCUT2D eigenvalue weighted by Crippen LogP contribution is -2.14. The summed E-state index contributed by atoms with van der Waals surface area (Å²) in [5.41, 5.74) is 1.36. The molecule has 0 atom stereocenters. The molecule has 1 aromatic carbocycles. The van der Waals surface area contributed by atoms with Crippen LogP contribution in [0.25, 0.3) is 0 Å². The Morgan fingerprint density at radius 3 is 2.15 bits per heavy atom. The van der Waals surface area contributed by atoms with Gasteiger partial charge in [-0.2, -0.15) is 0 Å². The maximum atomic E-state index is 2.29. The fraction of sp³-hybridized carbons (Fsp3) is 0.455. The van der Waals surface area contributed by atoms with Crippen LogP contribution >= 0.6 is 12.4 Å². The van der Waals surface area contributed by atoms with E-state index in [4.69, 9.17) is 0 Å². The zero-order valence-corrected chi connectivity index (χ0v) is 10.6. The summed E-state index contributed by atoms with van der Waals surface area (Å²) in [6, 6.07) is 8.96. The van der Waals surface area contributed by atoms with Crippen molar-refractivity contribution in [2.75, 3.05) is 0 Å². The molecule has 0 spiro atoms. The van der Waals surface area contributed by atoms with Crippen molar-refractivity contribution in [2.24, 2.45) is 5.92 Å². The Morgan fingerprint density at radius 2 is 1.69 bits per heavy atom. The second-order valence-corrected chi connectivity index (χ2v) is 5.29. The van der Waals surface area contributed by atoms with Gasteiger partial charge in [-0.1, -0.05) is 54.9 Å². The summed E-state index contributed by atoms with van der Waals surface area (Å²) >= 11 is 0.503. The van der Waals surface area contributed by atoms with Crippen LogP contribution < -0.4 is 4.43 Å². The van der Waals surface area contributed by atoms with E-state index in [2.05, 4.69) is 45.0 Å². The molecule has 0 unspecified atom stereocenters. The Kier molecular flexibility index (Phi) is 6.51. The Bertz CT molecular complexity index is 228. The lowest BCUT2D eigenvalue weighted by molar-refractivity contribution is 0.732. The lowest BCUT2D eigenvalue weighted by atomic mass is 10.2. The average molecular weight is 212 g/mol. The van der Waals surface area contributed by atoms with E-state index in [-0.39, 0.29) is 12.4 Å². The third kappa shape index (κ3) is 5.37. The highest BCUT2D eigenvalue weighted by Gasteiger charge is 1.98. The van der Waals surface area contributed by atoms with Crippen LogP contribution in [0, 0.1) is 12.8 Å². The summed E-state index contributed by atoms with van der Waals surface area (Å²) in [6.07, 6.45) is 0. The van der Waals surface area contributed by atoms with Crippen molar-refractivity contribution >= 4 is 32.1 Å². The second kappa shape index (κ2) is 6.49. The molecule has 1 rings (SSSR count). The molecule has 0 aliphatic carbocycles. The molecule has 0 nitrogen and oxygen atoms in total. The molecule has 71 valence electrons. The minimum Gasteiger partial charge on any atom is -0.147 e. The van der Waals surface area contributed by atoms with Crippen LogP contribution in [-0.2, 0) is 0 Å². The van der Waals surface area contributed by atoms with Gasteiger partial charge in [0.25, 0.3) is 15.2 Å². The molecule has 0 aliphatic rings. The topological polar surface area (TPSA) is 0 Å². The minimum absolute atomic E-state index is 0. The summed E-state index contributed by atoms with van der Waals surface area (Å²) in [6.45, 7) is 6.73. The van der Waals surface area contributed by atoms with Gasteiger partial charge in [-0.05, 0) is 6.92 Å². The van der Waals surface area contributed by atoms with E-state index >= 15 is 0 Å². The highest BCUT2D eigenvalue weighted by atomic mass is 35.5. The Labute approximate surface area is 93.9 Å². The van der Waals surface area contributed by atoms with Crippen molar-refractivity contribution in [1.82, 2.24) is 0 Å². The largest absolute Gasteiger partial charge is 0.250 e. The molecule has 1 radical (unpaired) electrons. The molecule has 0 aromatic heterocycles. The van der Waals surface area contributed by atoms with Crippen molar-refractivity contribution in [2.45, 2.75) is 26.1 Å². The maximum absolute atomic E-state index is 2.29. The van der Waals surface area contributed by atoms with Crippen molar-refractivity contribution in [3.05, 3.63) is 29.8 Å². The normalized spacial score (nSPS) is 9.54. The summed E-state index contributed by atoms with van der Waals surface area (Å²) in [5.74, 6) is 0.848. The van der Waals surface area contributed by atoms with Gasteiger partial charge in [0, 0.05) is 0 Å². The first kappa shape index (κ1) is 13.0. The third-order valence-electron chi connectivity index (χ3n) is 1.90. The fourth-order valence-electron chi connectivity index (χ4n) is 1.07. The molecular formula is C11H17AlCl. The molecule has 1 aromatic rings. The van der Waals surface area contributed by atoms with Crippen LogP contribution in [0.1, 0.15) is 19.4 Å². The van der Waals surface area contributed by atoms with Gasteiger partial charge >= 0.3 is 0 Å². The predicted octanol–water partition coefficient (Wildman–Crippen LogP) is 2.82. The van der Waals surface area contributed by atoms with Crippen molar-refractivity contribution in [1.29, 1.82) is 0 Å². The van der Waals surface area contributed by atoms with E-state index in [1.807, 2.05) is 0 Å². The highest BCUT2D eigenvalue weighted by Crippen LogP contribution is 1.99. The van der Waals surface area contributed by atoms with Crippen molar-refractivity contribution < 1.29 is 0 Å². The number of rotatable bonds is 3. The van der Waals surface area contributed by atoms with Gasteiger partial charge in [0.1, 0.15) is 0 Å². The molecule has 13 heavy (non-hydrogen) atoms. The van der Waals surface area contributed by atoms with Crippen molar-refractivity contribution in [3.8, 4) is 0 Å². The molecule has 0 aliphatic heterocycles. The molecule has 0 bridgehead atoms. The summed E-state index contributed by atoms with van der Waals surface area (Å²) in [5, 5.41) is 1.38. The van der Waals surface area contributed by atoms with Crippen LogP contribution in [0.5, 0.6) is 0 Å². The number of halogens is 1. The average Bonchev–Trinajstić information content (AvgIpc) is 2.03. The Hall–Kier alpha value is 0.0425. The molecule has 0 amide bonds. The van der Waals surface area contributed by atoms with Crippen LogP contribution in [0.15, 0.2) is 24.3 Å². The van der Waals surface area contributed by atoms with Crippen LogP contribution in [0.4, 0.5) is 0 Å². The monoisotopic (exact) mass is 211 g/mol. The van der Waals surface area contributed by atoms with Gasteiger partial charge in [0.15, 0.2) is 0 Å². The third-order valence-corrected chi connectivity index (χ3v) is 3.94. The number of hydrogen-bond donors (Lipinski definition) is 0. The lowest BCUT2D eigenvalue weighted by Gasteiger charge is -2.02. The first-order valence-electron chi connectivity index (χ1n) is 4.58. The van der Waals surface area contributed by atoms with Gasteiger partial charge in [-0.3, -0.25) is 0 Å². The minimum atomic E-state index is 0. The van der Waals surface area contributed by atoms with E-state index in [9.17, 15) is 0 Å². The molecular weight excluding hydrogens is 195 g/mol. The SMILES string of the molecule is Cc1cc[c]([Al][CH2]C(C)C)cc1.Cl. The van der Waals surface area contributed by atoms with Gasteiger partial charge in [0.2, 0.25) is 0 Å². The zero-order valence-electron chi connectivity index (χ0n) is 8.58. The second-order valence-electron chi connectivity index (χ2n) is 3.74. The summed E-state index contributed by atoms with van der Waals surface area (Å²) in [7, 11) is 0. The van der Waals surface area contributed by atoms with Crippen molar-refractivity contribution in [3.63, 3.8) is 0 Å². The van der Waals surface area contributed by atoms with Crippen LogP contribution in [0.2, 0.25) is 5.28 Å². The van der Waals surface area contributed by atoms with Crippen LogP contribution in [0.3, 0.4) is 0 Å². The standard InChI is InChI=1S/C7H7.C4H9.Al.ClH/c1-7-5-3-2-4-6-7;1-4(2)3;;/h3-6H,1H3;4H,1H2,2-3H3;;1H. The van der Waals surface area contributed by atoms with E-state index < -0.39 is 0 Å². The maximum Gasteiger partial charge on any atom is 0.250 e. The highest BCUT2D eigenvalue weighted by molar-refractivity contribution is 6.53. The molecule has 0 saturated heterocycles. The number of benzene rings is 1. The number of hydrogen-bond acceptors (Lipinski definition) is 0. The molecule has 0 heterocycles. The first-order valence-corrected chi connectivity index (χ1v) is 5.98. The predicted molar refractivity (Wildman–Crippen MR) is 63.5 cm³/mol. The van der Waals surface area contributed by atoms with E-state index in [1.54, 1.807) is 4.43 Å². The molecule has 0 fully saturated rings. The Balaban J connectivity index is 0.00000144. The van der Waals surface area contributed by atoms with Gasteiger partial charge in [-0.25, -0.2) is 0 Å². The molecule has 0 saturated carbocycles. The summed E-state index contributed by atoms with van der Waals surface area (Å²) < 4.78 is 1.55. The quantitative estimate of drug-likeness (QED) is 0.675. The van der Waals surface area contributed by atoms with Gasteiger partial charge in [-0.15, -0.1) is 16.8 Å². The first-order chi connectivity index (χ1) is 5.68. The smallest absolute Gasteiger partial charge is 0.147 e. The van der Waals surface area contributed by atoms with Crippen LogP contribution in [-0.4, -0.2) is 15.2 Å². The van der Waals surface area contributed by atoms with Gasteiger partial charge < -0.3 is 0 Å². The number of aryl methyl sites for hydroxylation is 1. The molecule has 2 heteroatoms. The van der Waals surface area contributed by atoms with E-state index in [1.165, 1.54) is 10.8 Å². The Morgan fingerprint density at radius 1 is 1.15 bits per heavy atom. The fourth-order valence-corrected chi connectivity index (χ4v) is 2.28. The van der Waals surface area contributed by atoms with Gasteiger partial charge in [0.05, 0.1) is 0 Å². The zero-order chi connectivity index (χ0) is 8.97.